The third-order valence-corrected chi connectivity index (χ3v) is 5.04. The lowest BCUT2D eigenvalue weighted by atomic mass is 10.2. The van der Waals surface area contributed by atoms with Crippen molar-refractivity contribution in [2.45, 2.75) is 38.5 Å². The van der Waals surface area contributed by atoms with Crippen molar-refractivity contribution in [3.05, 3.63) is 17.1 Å². The highest BCUT2D eigenvalue weighted by Crippen LogP contribution is 2.49. The molecule has 1 aliphatic heterocycles. The molecule has 124 valence electrons. The molecule has 5 nitrogen and oxygen atoms in total. The first-order chi connectivity index (χ1) is 11.0. The van der Waals surface area contributed by atoms with E-state index in [0.29, 0.717) is 26.2 Å². The van der Waals surface area contributed by atoms with Crippen molar-refractivity contribution in [1.82, 2.24) is 14.9 Å². The predicted molar refractivity (Wildman–Crippen MR) is 80.6 cm³/mol. The van der Waals surface area contributed by atoms with Crippen LogP contribution in [0.4, 0.5) is 14.6 Å². The third kappa shape index (κ3) is 2.56. The summed E-state index contributed by atoms with van der Waals surface area (Å²) in [6.45, 7) is 4.17. The van der Waals surface area contributed by atoms with E-state index in [9.17, 15) is 13.6 Å². The number of nitrogens with zero attached hydrogens (tertiary/aromatic N) is 4. The van der Waals surface area contributed by atoms with Gasteiger partial charge in [0.1, 0.15) is 17.6 Å². The number of halogens is 2. The fourth-order valence-corrected chi connectivity index (χ4v) is 3.63. The van der Waals surface area contributed by atoms with Crippen molar-refractivity contribution < 1.29 is 13.6 Å². The second-order valence-corrected chi connectivity index (χ2v) is 6.70. The zero-order valence-corrected chi connectivity index (χ0v) is 13.2. The predicted octanol–water partition coefficient (Wildman–Crippen LogP) is 1.58. The van der Waals surface area contributed by atoms with E-state index < -0.39 is 17.7 Å². The average Bonchev–Trinajstić information content (AvgIpc) is 2.94. The molecular weight excluding hydrogens is 302 g/mol. The van der Waals surface area contributed by atoms with Crippen LogP contribution in [-0.2, 0) is 17.6 Å². The number of hydrogen-bond acceptors (Lipinski definition) is 4. The molecule has 4 rings (SSSR count). The molecule has 0 radical (unpaired) electrons. The molecule has 1 saturated carbocycles. The summed E-state index contributed by atoms with van der Waals surface area (Å²) in [7, 11) is 0. The molecular formula is C16H20F2N4O. The molecule has 2 aliphatic carbocycles. The van der Waals surface area contributed by atoms with E-state index in [1.807, 2.05) is 6.92 Å². The largest absolute Gasteiger partial charge is 0.353 e. The fourth-order valence-electron chi connectivity index (χ4n) is 3.63. The van der Waals surface area contributed by atoms with Crippen LogP contribution in [-0.4, -0.2) is 52.9 Å². The van der Waals surface area contributed by atoms with Gasteiger partial charge in [0.25, 0.3) is 5.92 Å². The second-order valence-electron chi connectivity index (χ2n) is 6.70. The lowest BCUT2D eigenvalue weighted by Crippen LogP contribution is -2.50. The number of fused-ring (bicyclic) bond motifs is 1. The van der Waals surface area contributed by atoms with Gasteiger partial charge in [0, 0.05) is 43.9 Å². The summed E-state index contributed by atoms with van der Waals surface area (Å²) in [5.74, 6) is -2.50. The number of rotatable bonds is 2. The van der Waals surface area contributed by atoms with Gasteiger partial charge in [-0.2, -0.15) is 0 Å². The van der Waals surface area contributed by atoms with E-state index in [1.165, 1.54) is 5.56 Å². The number of piperazine rings is 1. The van der Waals surface area contributed by atoms with Crippen molar-refractivity contribution >= 4 is 11.7 Å². The summed E-state index contributed by atoms with van der Waals surface area (Å²) >= 11 is 0. The minimum absolute atomic E-state index is 0.287. The summed E-state index contributed by atoms with van der Waals surface area (Å²) < 4.78 is 26.1. The molecule has 0 N–H and O–H groups in total. The van der Waals surface area contributed by atoms with Crippen molar-refractivity contribution in [2.24, 2.45) is 5.92 Å². The Hall–Kier alpha value is -1.79. The monoisotopic (exact) mass is 322 g/mol. The topological polar surface area (TPSA) is 49.3 Å². The molecule has 1 saturated heterocycles. The van der Waals surface area contributed by atoms with Crippen molar-refractivity contribution in [3.63, 3.8) is 0 Å². The van der Waals surface area contributed by atoms with Crippen LogP contribution in [0.2, 0.25) is 0 Å². The van der Waals surface area contributed by atoms with Gasteiger partial charge in [-0.15, -0.1) is 0 Å². The molecule has 0 aromatic carbocycles. The average molecular weight is 322 g/mol. The van der Waals surface area contributed by atoms with Crippen LogP contribution >= 0.6 is 0 Å². The minimum atomic E-state index is -2.78. The molecule has 3 aliphatic rings. The molecule has 23 heavy (non-hydrogen) atoms. The smallest absolute Gasteiger partial charge is 0.260 e. The van der Waals surface area contributed by atoms with Gasteiger partial charge >= 0.3 is 0 Å². The summed E-state index contributed by atoms with van der Waals surface area (Å²) in [4.78, 5) is 24.9. The SMILES string of the molecule is Cc1nc2c(c(N3CCN(C(=O)C4CC4(F)F)CC3)n1)CCC2. The molecule has 1 atom stereocenters. The first-order valence-electron chi connectivity index (χ1n) is 8.23. The zero-order valence-electron chi connectivity index (χ0n) is 13.2. The number of aryl methyl sites for hydroxylation is 2. The van der Waals surface area contributed by atoms with Crippen LogP contribution in [0.25, 0.3) is 0 Å². The highest BCUT2D eigenvalue weighted by molar-refractivity contribution is 5.83. The highest BCUT2D eigenvalue weighted by atomic mass is 19.3. The molecule has 2 fully saturated rings. The number of amides is 1. The molecule has 1 amide bonds. The zero-order chi connectivity index (χ0) is 16.2. The molecule has 1 aromatic heterocycles. The third-order valence-electron chi connectivity index (χ3n) is 5.04. The second kappa shape index (κ2) is 5.11. The number of hydrogen-bond donors (Lipinski definition) is 0. The molecule has 0 bridgehead atoms. The molecule has 2 heterocycles. The minimum Gasteiger partial charge on any atom is -0.353 e. The number of anilines is 1. The van der Waals surface area contributed by atoms with Crippen LogP contribution in [0.1, 0.15) is 29.9 Å². The number of aromatic nitrogens is 2. The van der Waals surface area contributed by atoms with E-state index in [1.54, 1.807) is 4.90 Å². The summed E-state index contributed by atoms with van der Waals surface area (Å²) in [5.41, 5.74) is 2.37. The van der Waals surface area contributed by atoms with E-state index >= 15 is 0 Å². The summed E-state index contributed by atoms with van der Waals surface area (Å²) in [5, 5.41) is 0. The Morgan fingerprint density at radius 3 is 2.52 bits per heavy atom. The normalized spacial score (nSPS) is 25.4. The Balaban J connectivity index is 1.45. The van der Waals surface area contributed by atoms with Gasteiger partial charge in [-0.05, 0) is 26.2 Å². The number of carbonyl (C=O) groups is 1. The van der Waals surface area contributed by atoms with Crippen LogP contribution < -0.4 is 4.90 Å². The molecule has 0 spiro atoms. The van der Waals surface area contributed by atoms with E-state index in [4.69, 9.17) is 0 Å². The Bertz CT molecular complexity index is 656. The van der Waals surface area contributed by atoms with Gasteiger partial charge < -0.3 is 9.80 Å². The van der Waals surface area contributed by atoms with Gasteiger partial charge in [-0.3, -0.25) is 4.79 Å². The Morgan fingerprint density at radius 2 is 1.87 bits per heavy atom. The van der Waals surface area contributed by atoms with E-state index in [0.717, 1.165) is 36.6 Å². The van der Waals surface area contributed by atoms with Gasteiger partial charge in [-0.25, -0.2) is 18.7 Å². The van der Waals surface area contributed by atoms with Crippen LogP contribution in [0.15, 0.2) is 0 Å². The fraction of sp³-hybridized carbons (Fsp3) is 0.688. The Kier molecular flexibility index (Phi) is 3.28. The van der Waals surface area contributed by atoms with E-state index in [-0.39, 0.29) is 6.42 Å². The van der Waals surface area contributed by atoms with Crippen molar-refractivity contribution in [2.75, 3.05) is 31.1 Å². The maximum absolute atomic E-state index is 13.1. The maximum atomic E-state index is 13.1. The molecule has 7 heteroatoms. The number of alkyl halides is 2. The Labute approximate surface area is 133 Å². The van der Waals surface area contributed by atoms with Crippen molar-refractivity contribution in [3.8, 4) is 0 Å². The summed E-state index contributed by atoms with van der Waals surface area (Å²) in [6.07, 6.45) is 2.82. The molecule has 1 aromatic rings. The highest BCUT2D eigenvalue weighted by Gasteiger charge is 2.62. The molecule has 1 unspecified atom stereocenters. The lowest BCUT2D eigenvalue weighted by Gasteiger charge is -2.36. The maximum Gasteiger partial charge on any atom is 0.260 e. The quantitative estimate of drug-likeness (QED) is 0.829. The lowest BCUT2D eigenvalue weighted by molar-refractivity contribution is -0.135. The van der Waals surface area contributed by atoms with Gasteiger partial charge in [0.05, 0.1) is 0 Å². The van der Waals surface area contributed by atoms with Crippen LogP contribution in [0.3, 0.4) is 0 Å². The van der Waals surface area contributed by atoms with Crippen molar-refractivity contribution in [1.29, 1.82) is 0 Å². The van der Waals surface area contributed by atoms with Crippen LogP contribution in [0.5, 0.6) is 0 Å². The van der Waals surface area contributed by atoms with Gasteiger partial charge in [-0.1, -0.05) is 0 Å². The van der Waals surface area contributed by atoms with E-state index in [2.05, 4.69) is 14.9 Å². The van der Waals surface area contributed by atoms with Gasteiger partial charge in [0.15, 0.2) is 0 Å². The van der Waals surface area contributed by atoms with Crippen LogP contribution in [0, 0.1) is 12.8 Å². The number of carbonyl (C=O) groups excluding carboxylic acids is 1. The van der Waals surface area contributed by atoms with Gasteiger partial charge in [0.2, 0.25) is 5.91 Å². The Morgan fingerprint density at radius 1 is 1.17 bits per heavy atom. The first kappa shape index (κ1) is 14.8. The standard InChI is InChI=1S/C16H20F2N4O/c1-10-19-13-4-2-3-11(13)14(20-10)21-5-7-22(8-6-21)15(23)12-9-16(12,17)18/h12H,2-9H2,1H3. The summed E-state index contributed by atoms with van der Waals surface area (Å²) in [6, 6.07) is 0. The first-order valence-corrected chi connectivity index (χ1v) is 8.23.